The van der Waals surface area contributed by atoms with Gasteiger partial charge in [-0.15, -0.1) is 0 Å². The lowest BCUT2D eigenvalue weighted by Crippen LogP contribution is -2.29. The fourth-order valence-electron chi connectivity index (χ4n) is 3.20. The fourth-order valence-corrected chi connectivity index (χ4v) is 7.78. The van der Waals surface area contributed by atoms with Crippen molar-refractivity contribution in [3.05, 3.63) is 58.9 Å². The molecule has 1 atom stereocenters. The summed E-state index contributed by atoms with van der Waals surface area (Å²) in [6.07, 6.45) is 4.01. The molecule has 1 amide bonds. The van der Waals surface area contributed by atoms with Crippen molar-refractivity contribution in [1.29, 1.82) is 0 Å². The molecule has 2 aromatic rings. The number of amides is 1. The summed E-state index contributed by atoms with van der Waals surface area (Å²) in [5.74, 6) is -0.943. The van der Waals surface area contributed by atoms with E-state index >= 15 is 0 Å². The summed E-state index contributed by atoms with van der Waals surface area (Å²) < 4.78 is 49.1. The minimum absolute atomic E-state index is 0.0579. The number of likely N-dealkylation sites (N-methyl/N-ethyl adjacent to an activating group) is 1. The van der Waals surface area contributed by atoms with Crippen LogP contribution >= 0.6 is 11.6 Å². The number of carbonyl (C=O) groups excluding carboxylic acids is 1. The molecular formula is C19H21ClN2O5S2. The van der Waals surface area contributed by atoms with E-state index in [2.05, 4.69) is 4.98 Å². The number of sulfone groups is 2. The Kier molecular flexibility index (Phi) is 6.30. The molecule has 7 nitrogen and oxygen atoms in total. The van der Waals surface area contributed by atoms with Gasteiger partial charge >= 0.3 is 0 Å². The zero-order chi connectivity index (χ0) is 21.2. The summed E-state index contributed by atoms with van der Waals surface area (Å²) in [7, 11) is -5.62. The van der Waals surface area contributed by atoms with Gasteiger partial charge in [0.25, 0.3) is 5.91 Å². The second-order valence-corrected chi connectivity index (χ2v) is 11.9. The Labute approximate surface area is 175 Å². The highest BCUT2D eigenvalue weighted by Gasteiger charge is 2.38. The van der Waals surface area contributed by atoms with Crippen LogP contribution in [0.2, 0.25) is 5.02 Å². The number of halogens is 1. The first kappa shape index (κ1) is 21.7. The molecule has 1 fully saturated rings. The molecule has 29 heavy (non-hydrogen) atoms. The first-order valence-corrected chi connectivity index (χ1v) is 12.7. The number of pyridine rings is 1. The molecule has 0 aliphatic carbocycles. The van der Waals surface area contributed by atoms with E-state index in [4.69, 9.17) is 11.6 Å². The lowest BCUT2D eigenvalue weighted by atomic mass is 10.1. The van der Waals surface area contributed by atoms with Gasteiger partial charge < -0.3 is 4.90 Å². The van der Waals surface area contributed by atoms with Gasteiger partial charge in [0.1, 0.15) is 0 Å². The highest BCUT2D eigenvalue weighted by Crippen LogP contribution is 2.28. The topological polar surface area (TPSA) is 101 Å². The number of aromatic nitrogens is 1. The van der Waals surface area contributed by atoms with Crippen molar-refractivity contribution in [3.8, 4) is 0 Å². The third kappa shape index (κ3) is 4.96. The maximum atomic E-state index is 12.9. The number of rotatable bonds is 6. The molecule has 1 unspecified atom stereocenters. The van der Waals surface area contributed by atoms with Crippen molar-refractivity contribution in [1.82, 2.24) is 9.88 Å². The lowest BCUT2D eigenvalue weighted by Gasteiger charge is -2.19. The highest BCUT2D eigenvalue weighted by molar-refractivity contribution is 7.96. The summed E-state index contributed by atoms with van der Waals surface area (Å²) in [6.45, 7) is 0.414. The van der Waals surface area contributed by atoms with Crippen molar-refractivity contribution >= 4 is 37.2 Å². The van der Waals surface area contributed by atoms with E-state index in [-0.39, 0.29) is 27.7 Å². The van der Waals surface area contributed by atoms with Crippen molar-refractivity contribution in [3.63, 3.8) is 0 Å². The Bertz CT molecular complexity index is 1120. The highest BCUT2D eigenvalue weighted by atomic mass is 35.5. The Morgan fingerprint density at radius 2 is 1.93 bits per heavy atom. The van der Waals surface area contributed by atoms with E-state index in [0.29, 0.717) is 13.0 Å². The predicted molar refractivity (Wildman–Crippen MR) is 111 cm³/mol. The van der Waals surface area contributed by atoms with Gasteiger partial charge in [-0.25, -0.2) is 16.8 Å². The van der Waals surface area contributed by atoms with Gasteiger partial charge in [-0.2, -0.15) is 0 Å². The number of hydrogen-bond acceptors (Lipinski definition) is 6. The van der Waals surface area contributed by atoms with E-state index in [1.165, 1.54) is 23.1 Å². The van der Waals surface area contributed by atoms with E-state index in [9.17, 15) is 21.6 Å². The SMILES string of the molecule is CN(CCc1ccncc1)C(=O)c1cc(S(=O)(=O)C2CCS(=O)(=O)C2)ccc1Cl. The van der Waals surface area contributed by atoms with E-state index in [1.807, 2.05) is 12.1 Å². The molecule has 1 aromatic heterocycles. The number of hydrogen-bond donors (Lipinski definition) is 0. The van der Waals surface area contributed by atoms with Gasteiger partial charge in [-0.05, 0) is 48.7 Å². The van der Waals surface area contributed by atoms with Crippen molar-refractivity contribution in [2.45, 2.75) is 23.0 Å². The predicted octanol–water partition coefficient (Wildman–Crippen LogP) is 2.01. The molecule has 0 spiro atoms. The Hall–Kier alpha value is -1.97. The van der Waals surface area contributed by atoms with Crippen LogP contribution in [0, 0.1) is 0 Å². The normalized spacial score (nSPS) is 18.5. The Morgan fingerprint density at radius 3 is 2.55 bits per heavy atom. The molecule has 1 aliphatic heterocycles. The molecule has 1 saturated heterocycles. The molecule has 0 bridgehead atoms. The molecule has 10 heteroatoms. The van der Waals surface area contributed by atoms with Gasteiger partial charge in [-0.3, -0.25) is 9.78 Å². The maximum absolute atomic E-state index is 12.9. The lowest BCUT2D eigenvalue weighted by molar-refractivity contribution is 0.0796. The number of carbonyl (C=O) groups is 1. The van der Waals surface area contributed by atoms with Gasteiger partial charge in [0, 0.05) is 26.0 Å². The summed E-state index contributed by atoms with van der Waals surface area (Å²) in [4.78, 5) is 18.2. The third-order valence-electron chi connectivity index (χ3n) is 4.96. The molecule has 1 aromatic carbocycles. The second kappa shape index (κ2) is 8.41. The van der Waals surface area contributed by atoms with Crippen LogP contribution in [0.4, 0.5) is 0 Å². The molecule has 1 aliphatic rings. The van der Waals surface area contributed by atoms with Crippen molar-refractivity contribution < 1.29 is 21.6 Å². The first-order chi connectivity index (χ1) is 13.6. The van der Waals surface area contributed by atoms with Crippen molar-refractivity contribution in [2.24, 2.45) is 0 Å². The average molecular weight is 457 g/mol. The average Bonchev–Trinajstić information content (AvgIpc) is 3.07. The maximum Gasteiger partial charge on any atom is 0.255 e. The van der Waals surface area contributed by atoms with Crippen molar-refractivity contribution in [2.75, 3.05) is 25.1 Å². The molecule has 3 rings (SSSR count). The van der Waals surface area contributed by atoms with Crippen LogP contribution < -0.4 is 0 Å². The van der Waals surface area contributed by atoms with Crippen LogP contribution in [-0.2, 0) is 26.1 Å². The van der Waals surface area contributed by atoms with Crippen LogP contribution in [-0.4, -0.2) is 63.0 Å². The van der Waals surface area contributed by atoms with Crippen LogP contribution in [0.3, 0.4) is 0 Å². The molecule has 0 N–H and O–H groups in total. The minimum Gasteiger partial charge on any atom is -0.341 e. The number of benzene rings is 1. The van der Waals surface area contributed by atoms with E-state index in [1.54, 1.807) is 19.4 Å². The van der Waals surface area contributed by atoms with Gasteiger partial charge in [-0.1, -0.05) is 11.6 Å². The van der Waals surface area contributed by atoms with Crippen LogP contribution in [0.1, 0.15) is 22.3 Å². The first-order valence-electron chi connectivity index (χ1n) is 8.98. The third-order valence-corrected chi connectivity index (χ3v) is 9.46. The zero-order valence-electron chi connectivity index (χ0n) is 15.8. The molecule has 0 radical (unpaired) electrons. The number of nitrogens with zero attached hydrogens (tertiary/aromatic N) is 2. The quantitative estimate of drug-likeness (QED) is 0.659. The Morgan fingerprint density at radius 1 is 1.24 bits per heavy atom. The summed E-state index contributed by atoms with van der Waals surface area (Å²) >= 11 is 6.16. The molecule has 2 heterocycles. The van der Waals surface area contributed by atoms with Crippen LogP contribution in [0.15, 0.2) is 47.6 Å². The fraction of sp³-hybridized carbons (Fsp3) is 0.368. The summed E-state index contributed by atoms with van der Waals surface area (Å²) in [5.41, 5.74) is 1.09. The van der Waals surface area contributed by atoms with E-state index < -0.39 is 36.6 Å². The van der Waals surface area contributed by atoms with Gasteiger partial charge in [0.15, 0.2) is 19.7 Å². The van der Waals surface area contributed by atoms with E-state index in [0.717, 1.165) is 5.56 Å². The monoisotopic (exact) mass is 456 g/mol. The summed E-state index contributed by atoms with van der Waals surface area (Å²) in [5, 5.41) is -0.857. The van der Waals surface area contributed by atoms with Crippen LogP contribution in [0.5, 0.6) is 0 Å². The largest absolute Gasteiger partial charge is 0.341 e. The molecular weight excluding hydrogens is 436 g/mol. The Balaban J connectivity index is 1.80. The minimum atomic E-state index is -3.88. The summed E-state index contributed by atoms with van der Waals surface area (Å²) in [6, 6.07) is 7.63. The standard InChI is InChI=1S/C19H21ClN2O5S2/c1-22(10-6-14-4-8-21-9-5-14)19(23)17-12-15(2-3-18(17)20)29(26,27)16-7-11-28(24,25)13-16/h2-5,8-9,12,16H,6-7,10-11,13H2,1H3. The van der Waals surface area contributed by atoms with Gasteiger partial charge in [0.2, 0.25) is 0 Å². The second-order valence-electron chi connectivity index (χ2n) is 7.04. The zero-order valence-corrected chi connectivity index (χ0v) is 18.2. The molecule has 156 valence electrons. The van der Waals surface area contributed by atoms with Crippen LogP contribution in [0.25, 0.3) is 0 Å². The van der Waals surface area contributed by atoms with Gasteiger partial charge in [0.05, 0.1) is 32.2 Å². The molecule has 0 saturated carbocycles. The smallest absolute Gasteiger partial charge is 0.255 e.